The van der Waals surface area contributed by atoms with Crippen LogP contribution in [-0.4, -0.2) is 69.3 Å². The van der Waals surface area contributed by atoms with Crippen LogP contribution in [-0.2, 0) is 24.6 Å². The zero-order valence-electron chi connectivity index (χ0n) is 36.5. The van der Waals surface area contributed by atoms with Gasteiger partial charge in [-0.1, -0.05) is 71.3 Å². The van der Waals surface area contributed by atoms with E-state index in [2.05, 4.69) is 5.43 Å². The van der Waals surface area contributed by atoms with Crippen LogP contribution in [0.2, 0.25) is 10.0 Å². The monoisotopic (exact) mass is 929 g/mol. The summed E-state index contributed by atoms with van der Waals surface area (Å²) in [6, 6.07) is 27.1. The Morgan fingerprint density at radius 1 is 0.697 bits per heavy atom. The molecule has 2 aliphatic carbocycles. The normalized spacial score (nSPS) is 23.3. The number of nitrogens with zero attached hydrogens (tertiary/aromatic N) is 2. The zero-order chi connectivity index (χ0) is 46.6. The first-order chi connectivity index (χ1) is 31.9. The molecule has 9 rings (SSSR count). The van der Waals surface area contributed by atoms with Crippen molar-refractivity contribution in [1.29, 1.82) is 0 Å². The summed E-state index contributed by atoms with van der Waals surface area (Å²) in [5.41, 5.74) is 4.79. The van der Waals surface area contributed by atoms with Gasteiger partial charge in [0.15, 0.2) is 0 Å². The standard InChI is InChI=1S/C51H45Cl2N3O10/c1-62-32-15-10-29(11-16-32)51-38(48(59)56(50(51)61)54-40-20-12-30(52)23-39(40)53)26-37-35(46(51)45-41(57)24-34(64-3)25-43(45)66-5)18-19-36-44(37)49(60)55(47(36)58)31-13-7-27(8-14-31)6-9-28-22-33(63-2)17-21-42(28)65-4/h6-18,20-25,36-38,44,46,54,57H,19,26H2,1-5H3/t36-,37+,38-,44-,46+,51+/m0/s1. The first-order valence-corrected chi connectivity index (χ1v) is 21.9. The van der Waals surface area contributed by atoms with E-state index in [-0.39, 0.29) is 52.3 Å². The number of fused-ring (bicyclic) bond motifs is 4. The van der Waals surface area contributed by atoms with Crippen LogP contribution in [0.3, 0.4) is 0 Å². The molecule has 5 aromatic carbocycles. The Balaban J connectivity index is 1.16. The number of nitrogens with one attached hydrogen (secondary N) is 1. The van der Waals surface area contributed by atoms with E-state index in [0.717, 1.165) is 16.1 Å². The van der Waals surface area contributed by atoms with Crippen LogP contribution < -0.4 is 34.0 Å². The van der Waals surface area contributed by atoms with Crippen LogP contribution in [0.4, 0.5) is 11.4 Å². The van der Waals surface area contributed by atoms with Gasteiger partial charge in [0.1, 0.15) is 34.5 Å². The van der Waals surface area contributed by atoms with E-state index >= 15 is 14.4 Å². The Kier molecular flexibility index (Phi) is 11.7. The Hall–Kier alpha value is -6.96. The fraction of sp³-hybridized carbons (Fsp3) is 0.255. The maximum Gasteiger partial charge on any atom is 0.260 e. The van der Waals surface area contributed by atoms with E-state index in [0.29, 0.717) is 39.1 Å². The number of amides is 4. The summed E-state index contributed by atoms with van der Waals surface area (Å²) < 4.78 is 27.9. The second-order valence-corrected chi connectivity index (χ2v) is 17.4. The van der Waals surface area contributed by atoms with Crippen molar-refractivity contribution in [1.82, 2.24) is 5.01 Å². The number of phenolic OH excluding ortho intramolecular Hbond substituents is 1. The number of hydrogen-bond acceptors (Lipinski definition) is 11. The number of hydrogen-bond donors (Lipinski definition) is 2. The number of phenols is 1. The molecule has 0 bridgehead atoms. The predicted molar refractivity (Wildman–Crippen MR) is 249 cm³/mol. The molecule has 3 fully saturated rings. The van der Waals surface area contributed by atoms with Crippen LogP contribution in [0.5, 0.6) is 34.5 Å². The number of benzene rings is 5. The van der Waals surface area contributed by atoms with Gasteiger partial charge in [-0.15, -0.1) is 0 Å². The van der Waals surface area contributed by atoms with Gasteiger partial charge >= 0.3 is 0 Å². The van der Waals surface area contributed by atoms with Crippen molar-refractivity contribution in [3.05, 3.63) is 141 Å². The van der Waals surface area contributed by atoms with E-state index in [1.54, 1.807) is 68.8 Å². The average Bonchev–Trinajstić information content (AvgIpc) is 3.71. The van der Waals surface area contributed by atoms with Crippen molar-refractivity contribution in [3.63, 3.8) is 0 Å². The number of aromatic hydroxyl groups is 1. The minimum Gasteiger partial charge on any atom is -0.507 e. The molecule has 66 heavy (non-hydrogen) atoms. The molecule has 13 nitrogen and oxygen atoms in total. The number of ether oxygens (including phenoxy) is 5. The van der Waals surface area contributed by atoms with E-state index in [1.165, 1.54) is 38.4 Å². The molecule has 15 heteroatoms. The smallest absolute Gasteiger partial charge is 0.260 e. The minimum absolute atomic E-state index is 0.0101. The van der Waals surface area contributed by atoms with Crippen molar-refractivity contribution in [3.8, 4) is 34.5 Å². The molecule has 0 spiro atoms. The second kappa shape index (κ2) is 17.4. The molecule has 0 aromatic heterocycles. The van der Waals surface area contributed by atoms with Crippen molar-refractivity contribution in [2.45, 2.75) is 24.2 Å². The maximum absolute atomic E-state index is 15.7. The van der Waals surface area contributed by atoms with Crippen molar-refractivity contribution in [2.75, 3.05) is 45.9 Å². The number of allylic oxidation sites excluding steroid dienone is 2. The Morgan fingerprint density at radius 2 is 1.39 bits per heavy atom. The predicted octanol–water partition coefficient (Wildman–Crippen LogP) is 9.10. The number of carbonyl (C=O) groups excluding carboxylic acids is 4. The fourth-order valence-electron chi connectivity index (χ4n) is 10.5. The van der Waals surface area contributed by atoms with Gasteiger partial charge in [-0.2, -0.15) is 5.01 Å². The van der Waals surface area contributed by atoms with Gasteiger partial charge in [-0.05, 0) is 90.6 Å². The number of halogens is 2. The summed E-state index contributed by atoms with van der Waals surface area (Å²) in [5, 5.41) is 13.6. The third-order valence-electron chi connectivity index (χ3n) is 13.5. The highest BCUT2D eigenvalue weighted by molar-refractivity contribution is 6.36. The molecule has 1 saturated carbocycles. The molecule has 0 radical (unpaired) electrons. The zero-order valence-corrected chi connectivity index (χ0v) is 38.1. The number of rotatable bonds is 12. The number of imide groups is 2. The van der Waals surface area contributed by atoms with Gasteiger partial charge in [0.05, 0.1) is 75.1 Å². The summed E-state index contributed by atoms with van der Waals surface area (Å²) in [4.78, 5) is 61.7. The summed E-state index contributed by atoms with van der Waals surface area (Å²) in [5.74, 6) is -4.59. The van der Waals surface area contributed by atoms with Crippen molar-refractivity contribution < 1.29 is 48.0 Å². The molecular weight excluding hydrogens is 885 g/mol. The van der Waals surface area contributed by atoms with Gasteiger partial charge in [-0.3, -0.25) is 29.5 Å². The molecule has 338 valence electrons. The molecule has 5 aromatic rings. The largest absolute Gasteiger partial charge is 0.507 e. The lowest BCUT2D eigenvalue weighted by Crippen LogP contribution is -2.53. The van der Waals surface area contributed by atoms with E-state index in [9.17, 15) is 9.90 Å². The SMILES string of the molecule is COc1ccc([C@@]23C(=O)N(Nc4ccc(Cl)cc4Cl)C(=O)[C@@H]2C[C@@H]2C(=CC[C@@H]4C(=O)N(c5ccc(C=Cc6cc(OC)ccc6OC)cc5)C(=O)[C@@H]42)[C@@H]3c2c(O)cc(OC)cc2OC)cc1. The van der Waals surface area contributed by atoms with Gasteiger partial charge in [0.25, 0.3) is 11.8 Å². The highest BCUT2D eigenvalue weighted by atomic mass is 35.5. The highest BCUT2D eigenvalue weighted by Crippen LogP contribution is 2.66. The lowest BCUT2D eigenvalue weighted by atomic mass is 9.49. The summed E-state index contributed by atoms with van der Waals surface area (Å²) in [6.45, 7) is 0. The van der Waals surface area contributed by atoms with E-state index in [4.69, 9.17) is 46.9 Å². The molecular formula is C51H45Cl2N3O10. The van der Waals surface area contributed by atoms with Crippen LogP contribution >= 0.6 is 23.2 Å². The van der Waals surface area contributed by atoms with E-state index in [1.807, 2.05) is 48.6 Å². The number of anilines is 2. The summed E-state index contributed by atoms with van der Waals surface area (Å²) in [7, 11) is 7.60. The lowest BCUT2D eigenvalue weighted by Gasteiger charge is -2.50. The third kappa shape index (κ3) is 7.08. The Labute approximate surface area is 391 Å². The van der Waals surface area contributed by atoms with Crippen molar-refractivity contribution >= 4 is 70.4 Å². The maximum atomic E-state index is 15.7. The molecule has 2 aliphatic heterocycles. The van der Waals surface area contributed by atoms with Crippen molar-refractivity contribution in [2.24, 2.45) is 23.7 Å². The number of carbonyl (C=O) groups is 4. The fourth-order valence-corrected chi connectivity index (χ4v) is 10.9. The molecule has 2 heterocycles. The van der Waals surface area contributed by atoms with Crippen LogP contribution in [0, 0.1) is 23.7 Å². The van der Waals surface area contributed by atoms with Crippen LogP contribution in [0.25, 0.3) is 12.2 Å². The molecule has 4 aliphatic rings. The summed E-state index contributed by atoms with van der Waals surface area (Å²) >= 11 is 12.8. The first kappa shape index (κ1) is 44.3. The first-order valence-electron chi connectivity index (χ1n) is 21.2. The Morgan fingerprint density at radius 3 is 2.06 bits per heavy atom. The Bertz CT molecular complexity index is 2850. The van der Waals surface area contributed by atoms with Gasteiger partial charge in [-0.25, -0.2) is 0 Å². The molecule has 6 atom stereocenters. The molecule has 2 saturated heterocycles. The summed E-state index contributed by atoms with van der Waals surface area (Å²) in [6.07, 6.45) is 5.85. The number of methoxy groups -OCH3 is 5. The topological polar surface area (TPSA) is 153 Å². The van der Waals surface area contributed by atoms with Crippen LogP contribution in [0.15, 0.2) is 109 Å². The number of hydrazine groups is 1. The minimum atomic E-state index is -1.74. The molecule has 0 unspecified atom stereocenters. The third-order valence-corrected chi connectivity index (χ3v) is 14.0. The van der Waals surface area contributed by atoms with Crippen LogP contribution in [0.1, 0.15) is 41.0 Å². The highest BCUT2D eigenvalue weighted by Gasteiger charge is 2.71. The average molecular weight is 931 g/mol. The molecule has 4 amide bonds. The second-order valence-electron chi connectivity index (χ2n) is 16.5. The quantitative estimate of drug-likeness (QED) is 0.0700. The lowest BCUT2D eigenvalue weighted by molar-refractivity contribution is -0.138. The van der Waals surface area contributed by atoms with Gasteiger partial charge in [0, 0.05) is 34.2 Å². The van der Waals surface area contributed by atoms with E-state index < -0.39 is 52.7 Å². The van der Waals surface area contributed by atoms with Gasteiger partial charge in [0.2, 0.25) is 11.8 Å². The van der Waals surface area contributed by atoms with Gasteiger partial charge < -0.3 is 28.8 Å². The molecule has 2 N–H and O–H groups in total.